The van der Waals surface area contributed by atoms with Crippen molar-refractivity contribution in [3.05, 3.63) is 64.8 Å². The number of imidazole rings is 1. The third-order valence-corrected chi connectivity index (χ3v) is 9.32. The number of anilines is 2. The molecular weight excluding hydrogens is 520 g/mol. The molecule has 8 nitrogen and oxygen atoms in total. The van der Waals surface area contributed by atoms with E-state index in [9.17, 15) is 9.90 Å². The molecule has 3 aromatic heterocycles. The minimum atomic E-state index is -0.365. The van der Waals surface area contributed by atoms with E-state index in [1.165, 1.54) is 11.1 Å². The number of thiazole rings is 1. The number of fused-ring (bicyclic) bond motifs is 1. The molecule has 6 rings (SSSR count). The van der Waals surface area contributed by atoms with E-state index in [2.05, 4.69) is 83.1 Å². The van der Waals surface area contributed by atoms with Gasteiger partial charge in [-0.25, -0.2) is 9.97 Å². The second-order valence-electron chi connectivity index (χ2n) is 11.2. The van der Waals surface area contributed by atoms with Crippen molar-refractivity contribution >= 4 is 33.8 Å². The molecule has 210 valence electrons. The van der Waals surface area contributed by atoms with E-state index in [1.54, 1.807) is 16.2 Å². The largest absolute Gasteiger partial charge is 0.391 e. The van der Waals surface area contributed by atoms with Crippen LogP contribution in [0.2, 0.25) is 0 Å². The Bertz CT molecular complexity index is 1490. The van der Waals surface area contributed by atoms with Crippen molar-refractivity contribution in [2.45, 2.75) is 51.6 Å². The average molecular weight is 559 g/mol. The van der Waals surface area contributed by atoms with Crippen molar-refractivity contribution in [3.63, 3.8) is 0 Å². The lowest BCUT2D eigenvalue weighted by atomic mass is 9.90. The van der Waals surface area contributed by atoms with E-state index in [1.807, 2.05) is 0 Å². The van der Waals surface area contributed by atoms with Crippen molar-refractivity contribution in [1.82, 2.24) is 24.2 Å². The molecule has 2 aliphatic heterocycles. The van der Waals surface area contributed by atoms with Crippen LogP contribution in [-0.2, 0) is 11.2 Å². The fraction of sp³-hybridized carbons (Fsp3) is 0.452. The Kier molecular flexibility index (Phi) is 7.61. The van der Waals surface area contributed by atoms with Crippen LogP contribution < -0.4 is 4.90 Å². The molecule has 40 heavy (non-hydrogen) atoms. The van der Waals surface area contributed by atoms with Crippen molar-refractivity contribution in [3.8, 4) is 11.3 Å². The van der Waals surface area contributed by atoms with Gasteiger partial charge in [0.25, 0.3) is 0 Å². The SMILES string of the molecule is CCc1nc2ccc(C3CCN(CC(=O)N4CC[C@H](O)C4)CC3)cn2c1N(C)c1nc(-c2ccc(C)cc2)cs1. The van der Waals surface area contributed by atoms with Gasteiger partial charge in [-0.15, -0.1) is 11.3 Å². The van der Waals surface area contributed by atoms with E-state index in [0.29, 0.717) is 32.0 Å². The van der Waals surface area contributed by atoms with Gasteiger partial charge in [0.15, 0.2) is 5.13 Å². The van der Waals surface area contributed by atoms with Gasteiger partial charge in [-0.2, -0.15) is 0 Å². The van der Waals surface area contributed by atoms with Gasteiger partial charge in [0.1, 0.15) is 11.5 Å². The molecule has 5 heterocycles. The van der Waals surface area contributed by atoms with Crippen LogP contribution in [0.5, 0.6) is 0 Å². The molecule has 0 unspecified atom stereocenters. The third-order valence-electron chi connectivity index (χ3n) is 8.40. The zero-order chi connectivity index (χ0) is 27.8. The summed E-state index contributed by atoms with van der Waals surface area (Å²) in [6.07, 6.45) is 5.48. The first kappa shape index (κ1) is 26.9. The second kappa shape index (κ2) is 11.3. The summed E-state index contributed by atoms with van der Waals surface area (Å²) in [5.74, 6) is 1.66. The number of hydrogen-bond donors (Lipinski definition) is 1. The van der Waals surface area contributed by atoms with Crippen molar-refractivity contribution in [2.24, 2.45) is 0 Å². The van der Waals surface area contributed by atoms with Gasteiger partial charge < -0.3 is 14.9 Å². The summed E-state index contributed by atoms with van der Waals surface area (Å²) in [5, 5.41) is 12.8. The van der Waals surface area contributed by atoms with Crippen LogP contribution in [0.3, 0.4) is 0 Å². The fourth-order valence-electron chi connectivity index (χ4n) is 5.98. The van der Waals surface area contributed by atoms with Crippen LogP contribution in [0.1, 0.15) is 48.9 Å². The molecule has 1 amide bonds. The maximum atomic E-state index is 12.7. The number of hydrogen-bond acceptors (Lipinski definition) is 7. The predicted octanol–water partition coefficient (Wildman–Crippen LogP) is 4.87. The van der Waals surface area contributed by atoms with Gasteiger partial charge >= 0.3 is 0 Å². The first-order chi connectivity index (χ1) is 19.4. The average Bonchev–Trinajstić information content (AvgIpc) is 3.71. The first-order valence-corrected chi connectivity index (χ1v) is 15.2. The number of rotatable bonds is 7. The number of likely N-dealkylation sites (tertiary alicyclic amines) is 2. The molecule has 0 bridgehead atoms. The number of aliphatic hydroxyl groups is 1. The van der Waals surface area contributed by atoms with E-state index in [0.717, 1.165) is 65.9 Å². The Morgan fingerprint density at radius 1 is 1.07 bits per heavy atom. The highest BCUT2D eigenvalue weighted by molar-refractivity contribution is 7.14. The summed E-state index contributed by atoms with van der Waals surface area (Å²) in [5.41, 5.74) is 6.69. The van der Waals surface area contributed by atoms with Gasteiger partial charge in [-0.3, -0.25) is 14.1 Å². The summed E-state index contributed by atoms with van der Waals surface area (Å²) in [7, 11) is 2.09. The highest BCUT2D eigenvalue weighted by atomic mass is 32.1. The minimum absolute atomic E-state index is 0.141. The highest BCUT2D eigenvalue weighted by Gasteiger charge is 2.28. The summed E-state index contributed by atoms with van der Waals surface area (Å²) in [6.45, 7) is 7.66. The molecular formula is C31H38N6O2S. The minimum Gasteiger partial charge on any atom is -0.391 e. The summed E-state index contributed by atoms with van der Waals surface area (Å²) in [6, 6.07) is 12.9. The van der Waals surface area contributed by atoms with E-state index < -0.39 is 0 Å². The lowest BCUT2D eigenvalue weighted by Crippen LogP contribution is -2.42. The van der Waals surface area contributed by atoms with E-state index in [4.69, 9.17) is 9.97 Å². The first-order valence-electron chi connectivity index (χ1n) is 14.3. The van der Waals surface area contributed by atoms with E-state index in [-0.39, 0.29) is 12.0 Å². The summed E-state index contributed by atoms with van der Waals surface area (Å²) < 4.78 is 2.23. The van der Waals surface area contributed by atoms with Gasteiger partial charge in [-0.1, -0.05) is 42.8 Å². The Labute approximate surface area is 239 Å². The molecule has 0 saturated carbocycles. The monoisotopic (exact) mass is 558 g/mol. The van der Waals surface area contributed by atoms with Gasteiger partial charge in [-0.05, 0) is 63.2 Å². The zero-order valence-corrected chi connectivity index (χ0v) is 24.4. The predicted molar refractivity (Wildman–Crippen MR) is 161 cm³/mol. The zero-order valence-electron chi connectivity index (χ0n) is 23.6. The molecule has 2 fully saturated rings. The number of aromatic nitrogens is 3. The molecule has 4 aromatic rings. The maximum absolute atomic E-state index is 12.7. The molecule has 9 heteroatoms. The normalized spacial score (nSPS) is 18.6. The Morgan fingerprint density at radius 2 is 1.85 bits per heavy atom. The number of carbonyl (C=O) groups excluding carboxylic acids is 1. The Morgan fingerprint density at radius 3 is 2.55 bits per heavy atom. The van der Waals surface area contributed by atoms with E-state index >= 15 is 0 Å². The number of β-amino-alcohol motifs (C(OH)–C–C–N with tert-alkyl or cyclic N) is 1. The number of carbonyl (C=O) groups is 1. The molecule has 0 radical (unpaired) electrons. The van der Waals surface area contributed by atoms with Crippen LogP contribution >= 0.6 is 11.3 Å². The molecule has 2 saturated heterocycles. The number of aliphatic hydroxyl groups excluding tert-OH is 1. The number of aryl methyl sites for hydroxylation is 2. The summed E-state index contributed by atoms with van der Waals surface area (Å²) >= 11 is 1.65. The smallest absolute Gasteiger partial charge is 0.236 e. The van der Waals surface area contributed by atoms with Gasteiger partial charge in [0.05, 0.1) is 24.0 Å². The molecule has 1 aromatic carbocycles. The van der Waals surface area contributed by atoms with Crippen molar-refractivity contribution < 1.29 is 9.90 Å². The van der Waals surface area contributed by atoms with Gasteiger partial charge in [0, 0.05) is 37.3 Å². The van der Waals surface area contributed by atoms with Crippen LogP contribution in [0, 0.1) is 6.92 Å². The number of pyridine rings is 1. The lowest BCUT2D eigenvalue weighted by Gasteiger charge is -2.32. The Balaban J connectivity index is 1.19. The van der Waals surface area contributed by atoms with Crippen molar-refractivity contribution in [1.29, 1.82) is 0 Å². The summed E-state index contributed by atoms with van der Waals surface area (Å²) in [4.78, 5) is 28.8. The fourth-order valence-corrected chi connectivity index (χ4v) is 6.78. The Hall–Kier alpha value is -3.27. The number of nitrogens with zero attached hydrogens (tertiary/aromatic N) is 6. The van der Waals surface area contributed by atoms with Crippen LogP contribution in [-0.4, -0.2) is 81.1 Å². The second-order valence-corrected chi connectivity index (χ2v) is 12.0. The number of benzene rings is 1. The van der Waals surface area contributed by atoms with Crippen molar-refractivity contribution in [2.75, 3.05) is 44.7 Å². The maximum Gasteiger partial charge on any atom is 0.236 e. The molecule has 1 atom stereocenters. The number of piperidine rings is 1. The molecule has 0 spiro atoms. The topological polar surface area (TPSA) is 77.2 Å². The van der Waals surface area contributed by atoms with Gasteiger partial charge in [0.2, 0.25) is 5.91 Å². The molecule has 0 aliphatic carbocycles. The molecule has 2 aliphatic rings. The quantitative estimate of drug-likeness (QED) is 0.349. The highest BCUT2D eigenvalue weighted by Crippen LogP contribution is 2.35. The molecule has 1 N–H and O–H groups in total. The lowest BCUT2D eigenvalue weighted by molar-refractivity contribution is -0.132. The van der Waals surface area contributed by atoms with Crippen LogP contribution in [0.4, 0.5) is 10.9 Å². The third kappa shape index (κ3) is 5.38. The standard InChI is InChI=1S/C31H38N6O2S/c1-4-26-30(34(3)31-33-27(20-40-31)23-7-5-21(2)6-8-23)37-17-24(9-10-28(37)32-26)22-11-14-35(15-12-22)19-29(39)36-16-13-25(38)18-36/h5-10,17,20,22,25,38H,4,11-16,18-19H2,1-3H3/t25-/m0/s1. The van der Waals surface area contributed by atoms with Crippen LogP contribution in [0.25, 0.3) is 16.9 Å². The van der Waals surface area contributed by atoms with Crippen LogP contribution in [0.15, 0.2) is 48.0 Å². The number of amides is 1.